The van der Waals surface area contributed by atoms with Crippen LogP contribution in [-0.2, 0) is 9.47 Å². The number of aromatic amines is 1. The molecule has 2 N–H and O–H groups in total. The van der Waals surface area contributed by atoms with Crippen LogP contribution in [-0.4, -0.2) is 75.4 Å². The van der Waals surface area contributed by atoms with Gasteiger partial charge < -0.3 is 29.2 Å². The molecule has 0 radical (unpaired) electrons. The van der Waals surface area contributed by atoms with Crippen LogP contribution in [0, 0.1) is 13.8 Å². The Bertz CT molecular complexity index is 981. The molecule has 33 heavy (non-hydrogen) atoms. The number of amides is 1. The Hall–Kier alpha value is -3.04. The third-order valence-electron chi connectivity index (χ3n) is 5.88. The van der Waals surface area contributed by atoms with E-state index in [2.05, 4.69) is 15.2 Å². The number of ether oxygens (including phenoxy) is 4. The van der Waals surface area contributed by atoms with Gasteiger partial charge in [-0.05, 0) is 44.0 Å². The highest BCUT2D eigenvalue weighted by atomic mass is 16.5. The number of hydrogen-bond donors (Lipinski definition) is 2. The molecule has 9 heteroatoms. The predicted molar refractivity (Wildman–Crippen MR) is 123 cm³/mol. The summed E-state index contributed by atoms with van der Waals surface area (Å²) in [5, 5.41) is 3.04. The average molecular weight is 460 g/mol. The van der Waals surface area contributed by atoms with E-state index >= 15 is 0 Å². The molecular formula is C24H33N3O6. The number of nitrogens with one attached hydrogen (secondary N) is 2. The Kier molecular flexibility index (Phi) is 8.35. The molecule has 2 heterocycles. The molecule has 1 aliphatic heterocycles. The van der Waals surface area contributed by atoms with Crippen LogP contribution in [0.4, 0.5) is 0 Å². The van der Waals surface area contributed by atoms with Gasteiger partial charge in [-0.25, -0.2) is 4.79 Å². The van der Waals surface area contributed by atoms with Crippen molar-refractivity contribution in [3.8, 4) is 11.5 Å². The van der Waals surface area contributed by atoms with E-state index in [9.17, 15) is 9.59 Å². The summed E-state index contributed by atoms with van der Waals surface area (Å²) < 4.78 is 21.5. The van der Waals surface area contributed by atoms with Gasteiger partial charge in [0.1, 0.15) is 5.69 Å². The Labute approximate surface area is 194 Å². The summed E-state index contributed by atoms with van der Waals surface area (Å²) >= 11 is 0. The smallest absolute Gasteiger partial charge is 0.340 e. The zero-order valence-electron chi connectivity index (χ0n) is 19.9. The monoisotopic (exact) mass is 459 g/mol. The third kappa shape index (κ3) is 5.48. The van der Waals surface area contributed by atoms with E-state index in [1.807, 2.05) is 18.2 Å². The standard InChI is InChI=1S/C24H33N3O6/c1-6-33-24(29)21-15(2)22(26-16(21)3)23(28)25-14-18(27-9-11-32-12-10-27)17-7-8-19(30-4)20(13-17)31-5/h7-8,13,18,26H,6,9-12,14H2,1-5H3,(H,25,28). The number of morpholine rings is 1. The molecule has 1 aliphatic rings. The maximum absolute atomic E-state index is 13.1. The molecule has 1 saturated heterocycles. The minimum Gasteiger partial charge on any atom is -0.493 e. The summed E-state index contributed by atoms with van der Waals surface area (Å²) in [6, 6.07) is 5.71. The molecule has 1 atom stereocenters. The molecule has 3 rings (SSSR count). The Morgan fingerprint density at radius 3 is 2.48 bits per heavy atom. The first-order valence-electron chi connectivity index (χ1n) is 11.1. The van der Waals surface area contributed by atoms with Crippen LogP contribution in [0.2, 0.25) is 0 Å². The first-order chi connectivity index (χ1) is 15.9. The molecule has 180 valence electrons. The molecule has 0 saturated carbocycles. The van der Waals surface area contributed by atoms with Crippen molar-refractivity contribution in [1.29, 1.82) is 0 Å². The van der Waals surface area contributed by atoms with E-state index < -0.39 is 5.97 Å². The van der Waals surface area contributed by atoms with Crippen molar-refractivity contribution in [2.45, 2.75) is 26.8 Å². The van der Waals surface area contributed by atoms with Crippen LogP contribution in [0.25, 0.3) is 0 Å². The molecule has 2 aromatic rings. The highest BCUT2D eigenvalue weighted by Crippen LogP contribution is 2.32. The summed E-state index contributed by atoms with van der Waals surface area (Å²) in [5.41, 5.74) is 2.97. The lowest BCUT2D eigenvalue weighted by Gasteiger charge is -2.35. The number of carbonyl (C=O) groups is 2. The molecule has 0 spiro atoms. The normalized spacial score (nSPS) is 15.1. The highest BCUT2D eigenvalue weighted by Gasteiger charge is 2.27. The van der Waals surface area contributed by atoms with Gasteiger partial charge in [-0.15, -0.1) is 0 Å². The second-order valence-corrected chi connectivity index (χ2v) is 7.83. The maximum atomic E-state index is 13.1. The lowest BCUT2D eigenvalue weighted by molar-refractivity contribution is 0.0161. The minimum atomic E-state index is -0.431. The number of rotatable bonds is 9. The van der Waals surface area contributed by atoms with Gasteiger partial charge in [-0.3, -0.25) is 9.69 Å². The van der Waals surface area contributed by atoms with Gasteiger partial charge in [0, 0.05) is 25.3 Å². The van der Waals surface area contributed by atoms with Crippen LogP contribution in [0.5, 0.6) is 11.5 Å². The molecule has 0 bridgehead atoms. The van der Waals surface area contributed by atoms with Crippen molar-refractivity contribution in [1.82, 2.24) is 15.2 Å². The first kappa shape index (κ1) is 24.6. The van der Waals surface area contributed by atoms with Gasteiger partial charge in [0.2, 0.25) is 0 Å². The number of esters is 1. The van der Waals surface area contributed by atoms with Crippen LogP contribution >= 0.6 is 0 Å². The number of aromatic nitrogens is 1. The number of nitrogens with zero attached hydrogens (tertiary/aromatic N) is 1. The predicted octanol–water partition coefficient (Wildman–Crippen LogP) is 2.63. The van der Waals surface area contributed by atoms with Crippen LogP contribution in [0.3, 0.4) is 0 Å². The second kappa shape index (κ2) is 11.2. The third-order valence-corrected chi connectivity index (χ3v) is 5.88. The number of methoxy groups -OCH3 is 2. The first-order valence-corrected chi connectivity index (χ1v) is 11.1. The van der Waals surface area contributed by atoms with E-state index in [-0.39, 0.29) is 18.6 Å². The van der Waals surface area contributed by atoms with Gasteiger partial charge in [-0.1, -0.05) is 6.07 Å². The maximum Gasteiger partial charge on any atom is 0.340 e. The minimum absolute atomic E-state index is 0.0847. The zero-order chi connectivity index (χ0) is 24.0. The van der Waals surface area contributed by atoms with Crippen LogP contribution in [0.1, 0.15) is 50.6 Å². The highest BCUT2D eigenvalue weighted by molar-refractivity contribution is 6.00. The van der Waals surface area contributed by atoms with Crippen molar-refractivity contribution in [3.63, 3.8) is 0 Å². The lowest BCUT2D eigenvalue weighted by Crippen LogP contribution is -2.44. The van der Waals surface area contributed by atoms with Gasteiger partial charge >= 0.3 is 5.97 Å². The van der Waals surface area contributed by atoms with Crippen molar-refractivity contribution >= 4 is 11.9 Å². The summed E-state index contributed by atoms with van der Waals surface area (Å²) in [6.45, 7) is 8.69. The van der Waals surface area contributed by atoms with Crippen LogP contribution < -0.4 is 14.8 Å². The largest absolute Gasteiger partial charge is 0.493 e. The van der Waals surface area contributed by atoms with Gasteiger partial charge in [0.05, 0.1) is 45.6 Å². The molecule has 1 aromatic carbocycles. The summed E-state index contributed by atoms with van der Waals surface area (Å²) in [7, 11) is 3.20. The van der Waals surface area contributed by atoms with Crippen molar-refractivity contribution in [2.24, 2.45) is 0 Å². The Morgan fingerprint density at radius 2 is 1.85 bits per heavy atom. The number of aryl methyl sites for hydroxylation is 1. The fourth-order valence-electron chi connectivity index (χ4n) is 4.17. The molecule has 1 fully saturated rings. The van der Waals surface area contributed by atoms with Gasteiger partial charge in [0.25, 0.3) is 5.91 Å². The van der Waals surface area contributed by atoms with Crippen molar-refractivity contribution in [3.05, 3.63) is 46.3 Å². The fourth-order valence-corrected chi connectivity index (χ4v) is 4.17. The molecule has 1 amide bonds. The number of carbonyl (C=O) groups excluding carboxylic acids is 2. The van der Waals surface area contributed by atoms with Crippen molar-refractivity contribution < 1.29 is 28.5 Å². The molecule has 0 aliphatic carbocycles. The fraction of sp³-hybridized carbons (Fsp3) is 0.500. The molecule has 1 aromatic heterocycles. The Morgan fingerprint density at radius 1 is 1.15 bits per heavy atom. The summed E-state index contributed by atoms with van der Waals surface area (Å²) in [6.07, 6.45) is 0. The quantitative estimate of drug-likeness (QED) is 0.556. The van der Waals surface area contributed by atoms with E-state index in [4.69, 9.17) is 18.9 Å². The lowest BCUT2D eigenvalue weighted by atomic mass is 10.0. The molecule has 9 nitrogen and oxygen atoms in total. The van der Waals surface area contributed by atoms with E-state index in [1.54, 1.807) is 35.0 Å². The van der Waals surface area contributed by atoms with Crippen LogP contribution in [0.15, 0.2) is 18.2 Å². The van der Waals surface area contributed by atoms with Gasteiger partial charge in [0.15, 0.2) is 11.5 Å². The number of hydrogen-bond acceptors (Lipinski definition) is 7. The average Bonchev–Trinajstić information content (AvgIpc) is 3.13. The van der Waals surface area contributed by atoms with E-state index in [1.165, 1.54) is 0 Å². The zero-order valence-corrected chi connectivity index (χ0v) is 19.9. The van der Waals surface area contributed by atoms with Gasteiger partial charge in [-0.2, -0.15) is 0 Å². The summed E-state index contributed by atoms with van der Waals surface area (Å²) in [5.74, 6) is 0.578. The van der Waals surface area contributed by atoms with E-state index in [0.717, 1.165) is 18.7 Å². The van der Waals surface area contributed by atoms with Crippen molar-refractivity contribution in [2.75, 3.05) is 53.7 Å². The molecule has 1 unspecified atom stereocenters. The molecular weight excluding hydrogens is 426 g/mol. The number of H-pyrrole nitrogens is 1. The SMILES string of the molecule is CCOC(=O)c1c(C)[nH]c(C(=O)NCC(c2ccc(OC)c(OC)c2)N2CCOCC2)c1C. The van der Waals surface area contributed by atoms with E-state index in [0.29, 0.717) is 53.8 Å². The topological polar surface area (TPSA) is 102 Å². The number of benzene rings is 1. The Balaban J connectivity index is 1.82. The second-order valence-electron chi connectivity index (χ2n) is 7.83. The summed E-state index contributed by atoms with van der Waals surface area (Å²) in [4.78, 5) is 30.7.